The van der Waals surface area contributed by atoms with Crippen LogP contribution in [0.3, 0.4) is 0 Å². The normalized spacial score (nSPS) is 12.0. The molecule has 0 aliphatic carbocycles. The van der Waals surface area contributed by atoms with Gasteiger partial charge in [0, 0.05) is 43.7 Å². The second kappa shape index (κ2) is 7.51. The molecule has 1 aromatic carbocycles. The standard InChI is InChI=1S/C14H16F2N4O2/c15-10-1-2-11(12(16)7-10)13(21)8-19-14(22)18-4-6-20-5-3-17-9-20/h1-3,5,7,9,13,21H,4,6,8H2,(H2,18,19,22)/t13-/m0/s1. The smallest absolute Gasteiger partial charge is 0.314 e. The first-order valence-electron chi connectivity index (χ1n) is 6.66. The molecule has 6 nitrogen and oxygen atoms in total. The summed E-state index contributed by atoms with van der Waals surface area (Å²) in [5.74, 6) is -1.58. The Balaban J connectivity index is 1.73. The average molecular weight is 310 g/mol. The number of aliphatic hydroxyl groups is 1. The molecule has 0 fully saturated rings. The summed E-state index contributed by atoms with van der Waals surface area (Å²) in [6.07, 6.45) is 3.77. The van der Waals surface area contributed by atoms with Gasteiger partial charge in [-0.15, -0.1) is 0 Å². The fourth-order valence-corrected chi connectivity index (χ4v) is 1.85. The zero-order valence-electron chi connectivity index (χ0n) is 11.7. The lowest BCUT2D eigenvalue weighted by Crippen LogP contribution is -2.39. The summed E-state index contributed by atoms with van der Waals surface area (Å²) < 4.78 is 28.0. The molecular weight excluding hydrogens is 294 g/mol. The van der Waals surface area contributed by atoms with E-state index >= 15 is 0 Å². The number of benzene rings is 1. The summed E-state index contributed by atoms with van der Waals surface area (Å²) in [6.45, 7) is 0.755. The fourth-order valence-electron chi connectivity index (χ4n) is 1.85. The van der Waals surface area contributed by atoms with E-state index < -0.39 is 23.8 Å². The molecule has 0 radical (unpaired) electrons. The number of hydrogen-bond acceptors (Lipinski definition) is 3. The SMILES string of the molecule is O=C(NCCn1ccnc1)NC[C@H](O)c1ccc(F)cc1F. The molecule has 0 unspecified atom stereocenters. The summed E-state index contributed by atoms with van der Waals surface area (Å²) in [5, 5.41) is 14.8. The van der Waals surface area contributed by atoms with E-state index in [1.165, 1.54) is 0 Å². The lowest BCUT2D eigenvalue weighted by molar-refractivity contribution is 0.168. The number of aromatic nitrogens is 2. The van der Waals surface area contributed by atoms with Crippen molar-refractivity contribution in [2.24, 2.45) is 0 Å². The number of halogens is 2. The first kappa shape index (κ1) is 15.9. The third-order valence-electron chi connectivity index (χ3n) is 2.99. The van der Waals surface area contributed by atoms with E-state index in [9.17, 15) is 18.7 Å². The van der Waals surface area contributed by atoms with Gasteiger partial charge in [0.1, 0.15) is 11.6 Å². The van der Waals surface area contributed by atoms with E-state index in [4.69, 9.17) is 0 Å². The van der Waals surface area contributed by atoms with Crippen LogP contribution in [-0.4, -0.2) is 33.8 Å². The minimum Gasteiger partial charge on any atom is -0.386 e. The van der Waals surface area contributed by atoms with Crippen LogP contribution in [0.15, 0.2) is 36.9 Å². The summed E-state index contributed by atoms with van der Waals surface area (Å²) in [5.41, 5.74) is -0.0693. The quantitative estimate of drug-likeness (QED) is 0.750. The highest BCUT2D eigenvalue weighted by molar-refractivity contribution is 5.73. The topological polar surface area (TPSA) is 79.2 Å². The number of urea groups is 1. The fraction of sp³-hybridized carbons (Fsp3) is 0.286. The van der Waals surface area contributed by atoms with Crippen LogP contribution in [0.1, 0.15) is 11.7 Å². The lowest BCUT2D eigenvalue weighted by atomic mass is 10.1. The highest BCUT2D eigenvalue weighted by Crippen LogP contribution is 2.17. The van der Waals surface area contributed by atoms with Gasteiger partial charge < -0.3 is 20.3 Å². The van der Waals surface area contributed by atoms with Gasteiger partial charge in [-0.1, -0.05) is 6.07 Å². The van der Waals surface area contributed by atoms with Crippen molar-refractivity contribution in [2.45, 2.75) is 12.6 Å². The highest BCUT2D eigenvalue weighted by atomic mass is 19.1. The van der Waals surface area contributed by atoms with Gasteiger partial charge in [0.15, 0.2) is 0 Å². The number of nitrogens with zero attached hydrogens (tertiary/aromatic N) is 2. The molecule has 1 aromatic heterocycles. The molecule has 22 heavy (non-hydrogen) atoms. The molecule has 0 bridgehead atoms. The molecule has 0 aliphatic heterocycles. The lowest BCUT2D eigenvalue weighted by Gasteiger charge is -2.13. The van der Waals surface area contributed by atoms with Gasteiger partial charge in [-0.05, 0) is 6.07 Å². The number of hydrogen-bond donors (Lipinski definition) is 3. The Labute approximate surface area is 125 Å². The van der Waals surface area contributed by atoms with Crippen LogP contribution in [0.25, 0.3) is 0 Å². The number of carbonyl (C=O) groups is 1. The zero-order valence-corrected chi connectivity index (χ0v) is 11.7. The first-order valence-corrected chi connectivity index (χ1v) is 6.66. The minimum absolute atomic E-state index is 0.0693. The maximum Gasteiger partial charge on any atom is 0.314 e. The van der Waals surface area contributed by atoms with Gasteiger partial charge in [-0.2, -0.15) is 0 Å². The molecule has 3 N–H and O–H groups in total. The van der Waals surface area contributed by atoms with E-state index in [0.717, 1.165) is 12.1 Å². The predicted octanol–water partition coefficient (Wildman–Crippen LogP) is 1.19. The summed E-state index contributed by atoms with van der Waals surface area (Å²) >= 11 is 0. The maximum absolute atomic E-state index is 13.4. The van der Waals surface area contributed by atoms with Crippen LogP contribution in [0, 0.1) is 11.6 Å². The molecular formula is C14H16F2N4O2. The third-order valence-corrected chi connectivity index (χ3v) is 2.99. The van der Waals surface area contributed by atoms with Crippen molar-refractivity contribution in [1.82, 2.24) is 20.2 Å². The van der Waals surface area contributed by atoms with Crippen LogP contribution < -0.4 is 10.6 Å². The van der Waals surface area contributed by atoms with Crippen LogP contribution in [0.4, 0.5) is 13.6 Å². The highest BCUT2D eigenvalue weighted by Gasteiger charge is 2.14. The number of imidazole rings is 1. The van der Waals surface area contributed by atoms with Gasteiger partial charge >= 0.3 is 6.03 Å². The summed E-state index contributed by atoms with van der Waals surface area (Å²) in [4.78, 5) is 15.4. The van der Waals surface area contributed by atoms with Crippen molar-refractivity contribution < 1.29 is 18.7 Å². The molecule has 0 saturated heterocycles. The largest absolute Gasteiger partial charge is 0.386 e. The molecule has 2 rings (SSSR count). The molecule has 118 valence electrons. The van der Waals surface area contributed by atoms with E-state index in [0.29, 0.717) is 19.2 Å². The Bertz CT molecular complexity index is 619. The Morgan fingerprint density at radius 1 is 1.36 bits per heavy atom. The van der Waals surface area contributed by atoms with Crippen LogP contribution >= 0.6 is 0 Å². The molecule has 0 spiro atoms. The summed E-state index contributed by atoms with van der Waals surface area (Å²) in [7, 11) is 0. The van der Waals surface area contributed by atoms with Crippen molar-refractivity contribution in [2.75, 3.05) is 13.1 Å². The van der Waals surface area contributed by atoms with Crippen LogP contribution in [0.2, 0.25) is 0 Å². The molecule has 1 atom stereocenters. The van der Waals surface area contributed by atoms with Gasteiger partial charge in [0.25, 0.3) is 0 Å². The average Bonchev–Trinajstić information content (AvgIpc) is 2.98. The molecule has 2 amide bonds. The second-order valence-electron chi connectivity index (χ2n) is 4.62. The van der Waals surface area contributed by atoms with Crippen molar-refractivity contribution in [3.8, 4) is 0 Å². The number of aliphatic hydroxyl groups excluding tert-OH is 1. The van der Waals surface area contributed by atoms with Gasteiger partial charge in [-0.25, -0.2) is 18.6 Å². The molecule has 0 aliphatic rings. The van der Waals surface area contributed by atoms with E-state index in [1.807, 2.05) is 0 Å². The molecule has 2 aromatic rings. The van der Waals surface area contributed by atoms with Gasteiger partial charge in [0.05, 0.1) is 12.4 Å². The van der Waals surface area contributed by atoms with Gasteiger partial charge in [0.2, 0.25) is 0 Å². The number of rotatable bonds is 6. The van der Waals surface area contributed by atoms with Crippen molar-refractivity contribution in [1.29, 1.82) is 0 Å². The first-order chi connectivity index (χ1) is 10.6. The van der Waals surface area contributed by atoms with E-state index in [1.54, 1.807) is 23.3 Å². The monoisotopic (exact) mass is 310 g/mol. The molecule has 8 heteroatoms. The van der Waals surface area contributed by atoms with E-state index in [-0.39, 0.29) is 12.1 Å². The second-order valence-corrected chi connectivity index (χ2v) is 4.62. The molecule has 1 heterocycles. The Morgan fingerprint density at radius 2 is 2.18 bits per heavy atom. The zero-order chi connectivity index (χ0) is 15.9. The number of amides is 2. The Hall–Kier alpha value is -2.48. The van der Waals surface area contributed by atoms with Crippen LogP contribution in [0.5, 0.6) is 0 Å². The summed E-state index contributed by atoms with van der Waals surface area (Å²) in [6, 6.07) is 2.39. The third kappa shape index (κ3) is 4.52. The van der Waals surface area contributed by atoms with Gasteiger partial charge in [-0.3, -0.25) is 0 Å². The van der Waals surface area contributed by atoms with Crippen molar-refractivity contribution >= 4 is 6.03 Å². The Morgan fingerprint density at radius 3 is 2.86 bits per heavy atom. The van der Waals surface area contributed by atoms with Crippen molar-refractivity contribution in [3.05, 3.63) is 54.1 Å². The van der Waals surface area contributed by atoms with Crippen molar-refractivity contribution in [3.63, 3.8) is 0 Å². The number of nitrogens with one attached hydrogen (secondary N) is 2. The van der Waals surface area contributed by atoms with Crippen LogP contribution in [-0.2, 0) is 6.54 Å². The number of carbonyl (C=O) groups excluding carboxylic acids is 1. The molecule has 0 saturated carbocycles. The van der Waals surface area contributed by atoms with E-state index in [2.05, 4.69) is 15.6 Å². The predicted molar refractivity (Wildman–Crippen MR) is 74.9 cm³/mol. The maximum atomic E-state index is 13.4. The minimum atomic E-state index is -1.25. The Kier molecular flexibility index (Phi) is 5.42.